The first-order chi connectivity index (χ1) is 3.68. The summed E-state index contributed by atoms with van der Waals surface area (Å²) in [6.45, 7) is -0.173. The van der Waals surface area contributed by atoms with E-state index in [9.17, 15) is 4.79 Å². The molecule has 1 atom stereocenters. The van der Waals surface area contributed by atoms with Crippen LogP contribution in [0, 0.1) is 0 Å². The van der Waals surface area contributed by atoms with Gasteiger partial charge in [-0.15, -0.1) is 17.0 Å². The Morgan fingerprint density at radius 2 is 2.11 bits per heavy atom. The number of aliphatic carboxylic acids is 1. The molecule has 4 nitrogen and oxygen atoms in total. The van der Waals surface area contributed by atoms with Gasteiger partial charge in [0.2, 0.25) is 0 Å². The number of carbonyl (C=O) groups is 1. The summed E-state index contributed by atoms with van der Waals surface area (Å²) in [5, 5.41) is 16.2. The molecule has 0 aromatic heterocycles. The van der Waals surface area contributed by atoms with Gasteiger partial charge in [-0.3, -0.25) is 4.79 Å². The van der Waals surface area contributed by atoms with Gasteiger partial charge in [-0.1, -0.05) is 0 Å². The zero-order chi connectivity index (χ0) is 6.57. The van der Waals surface area contributed by atoms with Crippen molar-refractivity contribution in [1.82, 2.24) is 0 Å². The van der Waals surface area contributed by atoms with Gasteiger partial charge < -0.3 is 15.9 Å². The summed E-state index contributed by atoms with van der Waals surface area (Å²) < 4.78 is 0. The van der Waals surface area contributed by atoms with Crippen molar-refractivity contribution in [1.29, 1.82) is 0 Å². The Bertz CT molecular complexity index is 87.9. The number of rotatable bonds is 3. The highest BCUT2D eigenvalue weighted by molar-refractivity contribution is 8.93. The van der Waals surface area contributed by atoms with E-state index in [2.05, 4.69) is 0 Å². The third-order valence-electron chi connectivity index (χ3n) is 0.757. The average Bonchev–Trinajstić information content (AvgIpc) is 1.67. The van der Waals surface area contributed by atoms with E-state index in [-0.39, 0.29) is 30.0 Å². The average molecular weight is 200 g/mol. The highest BCUT2D eigenvalue weighted by atomic mass is 79.9. The maximum absolute atomic E-state index is 9.85. The lowest BCUT2D eigenvalue weighted by molar-refractivity contribution is -0.138. The number of aliphatic hydroxyl groups is 1. The molecule has 0 fully saturated rings. The molecule has 0 aliphatic carbocycles. The Balaban J connectivity index is 0. The standard InChI is InChI=1S/C4H9NO3.BrH/c5-3(1-2-6)4(7)8;/h3,6H,1-2,5H2,(H,7,8);1H/t3-;/m0./s1. The van der Waals surface area contributed by atoms with Crippen molar-refractivity contribution in [3.05, 3.63) is 0 Å². The molecule has 0 aliphatic rings. The molecule has 0 radical (unpaired) electrons. The Morgan fingerprint density at radius 3 is 2.22 bits per heavy atom. The number of carboxylic acid groups (broad SMARTS) is 1. The lowest BCUT2D eigenvalue weighted by Crippen LogP contribution is -2.30. The van der Waals surface area contributed by atoms with Crippen LogP contribution < -0.4 is 5.73 Å². The van der Waals surface area contributed by atoms with Crippen LogP contribution in [0.25, 0.3) is 0 Å². The molecule has 0 spiro atoms. The molecule has 56 valence electrons. The fourth-order valence-corrected chi connectivity index (χ4v) is 0.263. The van der Waals surface area contributed by atoms with Crippen molar-refractivity contribution in [2.45, 2.75) is 12.5 Å². The van der Waals surface area contributed by atoms with Gasteiger partial charge in [0.05, 0.1) is 0 Å². The van der Waals surface area contributed by atoms with E-state index >= 15 is 0 Å². The minimum Gasteiger partial charge on any atom is -0.480 e. The monoisotopic (exact) mass is 199 g/mol. The van der Waals surface area contributed by atoms with Crippen LogP contribution in [0.3, 0.4) is 0 Å². The van der Waals surface area contributed by atoms with Crippen LogP contribution in [0.4, 0.5) is 0 Å². The Hall–Kier alpha value is -0.130. The molecule has 0 aromatic carbocycles. The van der Waals surface area contributed by atoms with E-state index in [0.29, 0.717) is 0 Å². The van der Waals surface area contributed by atoms with E-state index in [0.717, 1.165) is 0 Å². The van der Waals surface area contributed by atoms with Crippen LogP contribution >= 0.6 is 17.0 Å². The molecule has 5 heteroatoms. The van der Waals surface area contributed by atoms with Gasteiger partial charge in [-0.2, -0.15) is 0 Å². The van der Waals surface area contributed by atoms with Gasteiger partial charge in [0.1, 0.15) is 6.04 Å². The molecular formula is C4H10BrNO3. The van der Waals surface area contributed by atoms with Crippen molar-refractivity contribution in [3.8, 4) is 0 Å². The Kier molecular flexibility index (Phi) is 7.76. The maximum atomic E-state index is 9.85. The first-order valence-corrected chi connectivity index (χ1v) is 2.27. The van der Waals surface area contributed by atoms with Crippen LogP contribution in [-0.4, -0.2) is 28.8 Å². The Morgan fingerprint density at radius 1 is 1.67 bits per heavy atom. The molecule has 0 aromatic rings. The predicted octanol–water partition coefficient (Wildman–Crippen LogP) is -0.641. The molecule has 0 bridgehead atoms. The third kappa shape index (κ3) is 5.75. The van der Waals surface area contributed by atoms with E-state index in [1.807, 2.05) is 0 Å². The second kappa shape index (κ2) is 6.00. The minimum atomic E-state index is -1.07. The van der Waals surface area contributed by atoms with Crippen LogP contribution in [0.2, 0.25) is 0 Å². The highest BCUT2D eigenvalue weighted by Gasteiger charge is 2.08. The van der Waals surface area contributed by atoms with Crippen LogP contribution in [0.1, 0.15) is 6.42 Å². The predicted molar refractivity (Wildman–Crippen MR) is 37.6 cm³/mol. The van der Waals surface area contributed by atoms with E-state index in [4.69, 9.17) is 15.9 Å². The number of halogens is 1. The van der Waals surface area contributed by atoms with Crippen molar-refractivity contribution in [2.24, 2.45) is 5.73 Å². The topological polar surface area (TPSA) is 83.5 Å². The zero-order valence-electron chi connectivity index (χ0n) is 4.78. The molecule has 0 saturated carbocycles. The molecular weight excluding hydrogens is 190 g/mol. The molecule has 0 amide bonds. The second-order valence-corrected chi connectivity index (χ2v) is 1.46. The first-order valence-electron chi connectivity index (χ1n) is 2.27. The summed E-state index contributed by atoms with van der Waals surface area (Å²) in [4.78, 5) is 9.85. The number of carboxylic acids is 1. The first kappa shape index (κ1) is 11.6. The quantitative estimate of drug-likeness (QED) is 0.565. The van der Waals surface area contributed by atoms with E-state index < -0.39 is 12.0 Å². The van der Waals surface area contributed by atoms with Gasteiger partial charge in [0, 0.05) is 6.61 Å². The molecule has 0 aliphatic heterocycles. The SMILES string of the molecule is Br.N[C@@H](CCO)C(=O)O. The number of hydrogen-bond acceptors (Lipinski definition) is 3. The maximum Gasteiger partial charge on any atom is 0.320 e. The van der Waals surface area contributed by atoms with Crippen molar-refractivity contribution < 1.29 is 15.0 Å². The largest absolute Gasteiger partial charge is 0.480 e. The molecule has 0 saturated heterocycles. The van der Waals surface area contributed by atoms with Gasteiger partial charge in [-0.05, 0) is 6.42 Å². The number of nitrogens with two attached hydrogens (primary N) is 1. The lowest BCUT2D eigenvalue weighted by atomic mass is 10.2. The molecule has 9 heavy (non-hydrogen) atoms. The summed E-state index contributed by atoms with van der Waals surface area (Å²) >= 11 is 0. The van der Waals surface area contributed by atoms with Gasteiger partial charge in [-0.25, -0.2) is 0 Å². The number of hydrogen-bond donors (Lipinski definition) is 3. The van der Waals surface area contributed by atoms with Crippen molar-refractivity contribution in [2.75, 3.05) is 6.61 Å². The van der Waals surface area contributed by atoms with Crippen LogP contribution in [0.5, 0.6) is 0 Å². The summed E-state index contributed by atoms with van der Waals surface area (Å²) in [6, 6.07) is -0.917. The normalized spacial score (nSPS) is 11.8. The zero-order valence-corrected chi connectivity index (χ0v) is 6.49. The minimum absolute atomic E-state index is 0. The van der Waals surface area contributed by atoms with Crippen molar-refractivity contribution in [3.63, 3.8) is 0 Å². The molecule has 0 rings (SSSR count). The third-order valence-corrected chi connectivity index (χ3v) is 0.757. The van der Waals surface area contributed by atoms with Gasteiger partial charge >= 0.3 is 5.97 Å². The summed E-state index contributed by atoms with van der Waals surface area (Å²) in [6.07, 6.45) is 0.120. The van der Waals surface area contributed by atoms with Crippen LogP contribution in [-0.2, 0) is 4.79 Å². The molecule has 0 heterocycles. The second-order valence-electron chi connectivity index (χ2n) is 1.46. The van der Waals surface area contributed by atoms with E-state index in [1.165, 1.54) is 0 Å². The number of aliphatic hydroxyl groups excluding tert-OH is 1. The lowest BCUT2D eigenvalue weighted by Gasteiger charge is -2.00. The fourth-order valence-electron chi connectivity index (χ4n) is 0.263. The summed E-state index contributed by atoms with van der Waals surface area (Å²) in [5.41, 5.74) is 4.97. The fraction of sp³-hybridized carbons (Fsp3) is 0.750. The van der Waals surface area contributed by atoms with Crippen molar-refractivity contribution >= 4 is 23.0 Å². The molecule has 4 N–H and O–H groups in total. The summed E-state index contributed by atoms with van der Waals surface area (Å²) in [5.74, 6) is -1.07. The van der Waals surface area contributed by atoms with Gasteiger partial charge in [0.25, 0.3) is 0 Å². The van der Waals surface area contributed by atoms with Gasteiger partial charge in [0.15, 0.2) is 0 Å². The van der Waals surface area contributed by atoms with Crippen LogP contribution in [0.15, 0.2) is 0 Å². The van der Waals surface area contributed by atoms with E-state index in [1.54, 1.807) is 0 Å². The summed E-state index contributed by atoms with van der Waals surface area (Å²) in [7, 11) is 0. The highest BCUT2D eigenvalue weighted by Crippen LogP contribution is 1.83. The molecule has 0 unspecified atom stereocenters. The Labute approximate surface area is 63.4 Å². The smallest absolute Gasteiger partial charge is 0.320 e.